The molecule has 1 fully saturated rings. The van der Waals surface area contributed by atoms with Gasteiger partial charge in [-0.3, -0.25) is 4.90 Å². The van der Waals surface area contributed by atoms with Gasteiger partial charge in [-0.1, -0.05) is 0 Å². The summed E-state index contributed by atoms with van der Waals surface area (Å²) in [5, 5.41) is 12.9. The first-order chi connectivity index (χ1) is 8.69. The van der Waals surface area contributed by atoms with Crippen molar-refractivity contribution in [1.82, 2.24) is 10.2 Å². The number of nitrogens with one attached hydrogen (secondary N) is 1. The maximum Gasteiger partial charge on any atom is 0.123 e. The van der Waals surface area contributed by atoms with Crippen LogP contribution in [0.5, 0.6) is 5.75 Å². The van der Waals surface area contributed by atoms with Gasteiger partial charge in [-0.25, -0.2) is 4.39 Å². The van der Waals surface area contributed by atoms with Crippen molar-refractivity contribution < 1.29 is 9.50 Å². The first-order valence-corrected chi connectivity index (χ1v) is 6.53. The quantitative estimate of drug-likeness (QED) is 0.860. The van der Waals surface area contributed by atoms with Crippen LogP contribution in [0.15, 0.2) is 18.2 Å². The number of rotatable bonds is 4. The predicted octanol–water partition coefficient (Wildman–Crippen LogP) is 1.96. The van der Waals surface area contributed by atoms with Crippen LogP contribution < -0.4 is 5.32 Å². The molecular weight excluding hydrogens is 231 g/mol. The van der Waals surface area contributed by atoms with Crippen molar-refractivity contribution in [2.24, 2.45) is 5.92 Å². The Hall–Kier alpha value is -1.13. The van der Waals surface area contributed by atoms with Crippen LogP contribution in [0, 0.1) is 11.7 Å². The van der Waals surface area contributed by atoms with Gasteiger partial charge in [0.1, 0.15) is 11.6 Å². The topological polar surface area (TPSA) is 35.5 Å². The molecule has 1 aromatic rings. The van der Waals surface area contributed by atoms with Crippen molar-refractivity contribution in [2.45, 2.75) is 19.4 Å². The monoisotopic (exact) mass is 252 g/mol. The standard InChI is InChI=1S/C14H21FN2O/c1-16-9-11-4-6-17(7-5-11)10-12-8-13(15)2-3-14(12)18/h2-3,8,11,16,18H,4-7,9-10H2,1H3. The lowest BCUT2D eigenvalue weighted by Crippen LogP contribution is -2.36. The molecule has 0 amide bonds. The smallest absolute Gasteiger partial charge is 0.123 e. The number of phenolic OH excluding ortho intramolecular Hbond substituents is 1. The largest absolute Gasteiger partial charge is 0.508 e. The zero-order valence-corrected chi connectivity index (χ0v) is 10.8. The van der Waals surface area contributed by atoms with E-state index in [2.05, 4.69) is 10.2 Å². The number of hydrogen-bond acceptors (Lipinski definition) is 3. The third-order valence-corrected chi connectivity index (χ3v) is 3.64. The first kappa shape index (κ1) is 13.3. The number of hydrogen-bond donors (Lipinski definition) is 2. The first-order valence-electron chi connectivity index (χ1n) is 6.53. The van der Waals surface area contributed by atoms with Crippen LogP contribution in [0.1, 0.15) is 18.4 Å². The average molecular weight is 252 g/mol. The maximum atomic E-state index is 13.1. The Bertz CT molecular complexity index is 389. The van der Waals surface area contributed by atoms with E-state index in [1.807, 2.05) is 7.05 Å². The summed E-state index contributed by atoms with van der Waals surface area (Å²) in [6.07, 6.45) is 2.33. The highest BCUT2D eigenvalue weighted by molar-refractivity contribution is 5.32. The van der Waals surface area contributed by atoms with E-state index in [0.717, 1.165) is 38.4 Å². The van der Waals surface area contributed by atoms with Gasteiger partial charge < -0.3 is 10.4 Å². The van der Waals surface area contributed by atoms with Gasteiger partial charge in [-0.2, -0.15) is 0 Å². The van der Waals surface area contributed by atoms with Crippen molar-refractivity contribution in [3.05, 3.63) is 29.6 Å². The number of nitrogens with zero attached hydrogens (tertiary/aromatic N) is 1. The second kappa shape index (κ2) is 6.16. The third kappa shape index (κ3) is 3.43. The molecule has 0 atom stereocenters. The van der Waals surface area contributed by atoms with Gasteiger partial charge in [0.05, 0.1) is 0 Å². The Balaban J connectivity index is 1.89. The normalized spacial score (nSPS) is 18.1. The fourth-order valence-corrected chi connectivity index (χ4v) is 2.56. The Morgan fingerprint density at radius 3 is 2.78 bits per heavy atom. The van der Waals surface area contributed by atoms with Crippen molar-refractivity contribution in [3.63, 3.8) is 0 Å². The van der Waals surface area contributed by atoms with E-state index < -0.39 is 0 Å². The van der Waals surface area contributed by atoms with Crippen molar-refractivity contribution >= 4 is 0 Å². The molecule has 0 saturated carbocycles. The molecule has 0 unspecified atom stereocenters. The highest BCUT2D eigenvalue weighted by Crippen LogP contribution is 2.23. The number of phenols is 1. The molecule has 1 heterocycles. The Morgan fingerprint density at radius 1 is 1.39 bits per heavy atom. The van der Waals surface area contributed by atoms with Gasteiger partial charge in [0.15, 0.2) is 0 Å². The van der Waals surface area contributed by atoms with E-state index in [0.29, 0.717) is 12.1 Å². The summed E-state index contributed by atoms with van der Waals surface area (Å²) < 4.78 is 13.1. The molecule has 100 valence electrons. The molecule has 1 aromatic carbocycles. The lowest BCUT2D eigenvalue weighted by atomic mass is 9.96. The predicted molar refractivity (Wildman–Crippen MR) is 70.0 cm³/mol. The summed E-state index contributed by atoms with van der Waals surface area (Å²) in [7, 11) is 1.98. The number of piperidine rings is 1. The minimum Gasteiger partial charge on any atom is -0.508 e. The molecule has 0 radical (unpaired) electrons. The van der Waals surface area contributed by atoms with Gasteiger partial charge in [0, 0.05) is 12.1 Å². The summed E-state index contributed by atoms with van der Waals surface area (Å²) >= 11 is 0. The number of aromatic hydroxyl groups is 1. The van der Waals surface area contributed by atoms with Crippen molar-refractivity contribution in [1.29, 1.82) is 0 Å². The van der Waals surface area contributed by atoms with Crippen molar-refractivity contribution in [2.75, 3.05) is 26.7 Å². The molecule has 3 nitrogen and oxygen atoms in total. The highest BCUT2D eigenvalue weighted by atomic mass is 19.1. The van der Waals surface area contributed by atoms with Crippen LogP contribution >= 0.6 is 0 Å². The second-order valence-electron chi connectivity index (χ2n) is 5.05. The molecule has 1 aliphatic rings. The van der Waals surface area contributed by atoms with Crippen LogP contribution in [-0.4, -0.2) is 36.7 Å². The van der Waals surface area contributed by atoms with E-state index in [4.69, 9.17) is 0 Å². The van der Waals surface area contributed by atoms with Gasteiger partial charge >= 0.3 is 0 Å². The summed E-state index contributed by atoms with van der Waals surface area (Å²) in [5.41, 5.74) is 0.682. The summed E-state index contributed by atoms with van der Waals surface area (Å²) in [6.45, 7) is 3.74. The molecule has 2 rings (SSSR count). The molecule has 2 N–H and O–H groups in total. The summed E-state index contributed by atoms with van der Waals surface area (Å²) in [5.74, 6) is 0.647. The molecule has 0 aromatic heterocycles. The fraction of sp³-hybridized carbons (Fsp3) is 0.571. The minimum atomic E-state index is -0.284. The molecule has 4 heteroatoms. The zero-order chi connectivity index (χ0) is 13.0. The zero-order valence-electron chi connectivity index (χ0n) is 10.8. The number of benzene rings is 1. The van der Waals surface area contributed by atoms with Gasteiger partial charge in [0.25, 0.3) is 0 Å². The van der Waals surface area contributed by atoms with Gasteiger partial charge in [0.2, 0.25) is 0 Å². The minimum absolute atomic E-state index is 0.189. The molecular formula is C14H21FN2O. The average Bonchev–Trinajstić information content (AvgIpc) is 2.37. The molecule has 0 spiro atoms. The van der Waals surface area contributed by atoms with Crippen LogP contribution in [-0.2, 0) is 6.54 Å². The Morgan fingerprint density at radius 2 is 2.11 bits per heavy atom. The third-order valence-electron chi connectivity index (χ3n) is 3.64. The van der Waals surface area contributed by atoms with Crippen LogP contribution in [0.2, 0.25) is 0 Å². The van der Waals surface area contributed by atoms with E-state index >= 15 is 0 Å². The molecule has 1 saturated heterocycles. The van der Waals surface area contributed by atoms with E-state index in [-0.39, 0.29) is 11.6 Å². The lowest BCUT2D eigenvalue weighted by Gasteiger charge is -2.32. The van der Waals surface area contributed by atoms with Crippen LogP contribution in [0.25, 0.3) is 0 Å². The van der Waals surface area contributed by atoms with E-state index in [9.17, 15) is 9.50 Å². The Labute approximate surface area is 108 Å². The molecule has 1 aliphatic heterocycles. The molecule has 0 bridgehead atoms. The molecule has 0 aliphatic carbocycles. The second-order valence-corrected chi connectivity index (χ2v) is 5.05. The number of likely N-dealkylation sites (tertiary alicyclic amines) is 1. The van der Waals surface area contributed by atoms with Crippen molar-refractivity contribution in [3.8, 4) is 5.75 Å². The lowest BCUT2D eigenvalue weighted by molar-refractivity contribution is 0.175. The Kier molecular flexibility index (Phi) is 4.55. The van der Waals surface area contributed by atoms with Crippen LogP contribution in [0.3, 0.4) is 0 Å². The summed E-state index contributed by atoms with van der Waals surface area (Å²) in [4.78, 5) is 2.28. The van der Waals surface area contributed by atoms with Crippen LogP contribution in [0.4, 0.5) is 4.39 Å². The van der Waals surface area contributed by atoms with Gasteiger partial charge in [-0.05, 0) is 63.6 Å². The van der Waals surface area contributed by atoms with E-state index in [1.165, 1.54) is 18.2 Å². The highest BCUT2D eigenvalue weighted by Gasteiger charge is 2.19. The number of halogens is 1. The summed E-state index contributed by atoms with van der Waals surface area (Å²) in [6, 6.07) is 4.14. The molecule has 18 heavy (non-hydrogen) atoms. The van der Waals surface area contributed by atoms with E-state index in [1.54, 1.807) is 0 Å². The van der Waals surface area contributed by atoms with Gasteiger partial charge in [-0.15, -0.1) is 0 Å². The maximum absolute atomic E-state index is 13.1. The SMILES string of the molecule is CNCC1CCN(Cc2cc(F)ccc2O)CC1. The fourth-order valence-electron chi connectivity index (χ4n) is 2.56.